The van der Waals surface area contributed by atoms with E-state index in [1.807, 2.05) is 14.0 Å². The van der Waals surface area contributed by atoms with Gasteiger partial charge in [-0.1, -0.05) is 20.3 Å². The number of thiophene rings is 1. The number of hydrogen-bond donors (Lipinski definition) is 3. The Morgan fingerprint density at radius 2 is 1.81 bits per heavy atom. The van der Waals surface area contributed by atoms with Crippen molar-refractivity contribution in [1.29, 1.82) is 0 Å². The van der Waals surface area contributed by atoms with E-state index in [4.69, 9.17) is 0 Å². The van der Waals surface area contributed by atoms with Gasteiger partial charge in [-0.2, -0.15) is 4.31 Å². The lowest BCUT2D eigenvalue weighted by atomic mass is 10.0. The first-order chi connectivity index (χ1) is 17.1. The predicted molar refractivity (Wildman–Crippen MR) is 140 cm³/mol. The van der Waals surface area contributed by atoms with Crippen LogP contribution in [0.4, 0.5) is 9.80 Å². The number of sulfonamides is 1. The normalized spacial score (nSPS) is 13.8. The second-order valence-corrected chi connectivity index (χ2v) is 11.6. The first-order valence-corrected chi connectivity index (χ1v) is 14.2. The highest BCUT2D eigenvalue weighted by molar-refractivity contribution is 7.89. The summed E-state index contributed by atoms with van der Waals surface area (Å²) in [5.74, 6) is -1.06. The van der Waals surface area contributed by atoms with Crippen LogP contribution in [0.5, 0.6) is 0 Å². The van der Waals surface area contributed by atoms with E-state index in [0.29, 0.717) is 31.1 Å². The number of unbranched alkanes of at least 4 members (excludes halogenated alkanes) is 1. The van der Waals surface area contributed by atoms with E-state index in [9.17, 15) is 22.8 Å². The maximum atomic E-state index is 13.1. The van der Waals surface area contributed by atoms with Gasteiger partial charge in [-0.05, 0) is 49.7 Å². The summed E-state index contributed by atoms with van der Waals surface area (Å²) >= 11 is 1.30. The number of urea groups is 1. The average molecular weight is 536 g/mol. The third kappa shape index (κ3) is 6.12. The van der Waals surface area contributed by atoms with Crippen LogP contribution in [0.25, 0.3) is 0 Å². The van der Waals surface area contributed by atoms with Crippen molar-refractivity contribution in [2.24, 2.45) is 0 Å². The van der Waals surface area contributed by atoms with E-state index in [0.717, 1.165) is 29.8 Å². The molecule has 0 saturated heterocycles. The Balaban J connectivity index is 1.85. The molecule has 0 unspecified atom stereocenters. The van der Waals surface area contributed by atoms with Crippen molar-refractivity contribution in [2.75, 3.05) is 39.0 Å². The van der Waals surface area contributed by atoms with Crippen LogP contribution in [0, 0.1) is 0 Å². The molecule has 1 aromatic heterocycles. The molecule has 0 saturated carbocycles. The van der Waals surface area contributed by atoms with Gasteiger partial charge >= 0.3 is 6.03 Å². The molecule has 36 heavy (non-hydrogen) atoms. The van der Waals surface area contributed by atoms with E-state index in [2.05, 4.69) is 20.9 Å². The van der Waals surface area contributed by atoms with Crippen molar-refractivity contribution in [1.82, 2.24) is 19.8 Å². The number of anilines is 1. The standard InChI is InChI=1S/C24H33N5O5S2/c1-5-7-13-29(6-2)36(33,34)17-10-8-16(9-11-17)21(30)26-23-20(22(31)27-24(32)25-3)18-12-14-28(4)15-19(18)35-23/h8-11H,5-7,12-15H2,1-4H3,(H,26,30)(H2,25,27,31,32). The maximum Gasteiger partial charge on any atom is 0.321 e. The van der Waals surface area contributed by atoms with E-state index in [1.54, 1.807) is 6.92 Å². The zero-order valence-corrected chi connectivity index (χ0v) is 22.6. The topological polar surface area (TPSA) is 128 Å². The molecular formula is C24H33N5O5S2. The SMILES string of the molecule is CCCCN(CC)S(=O)(=O)c1ccc(C(=O)Nc2sc3c(c2C(=O)NC(=O)NC)CCN(C)C3)cc1. The second kappa shape index (κ2) is 12.0. The number of nitrogens with one attached hydrogen (secondary N) is 3. The number of carbonyl (C=O) groups excluding carboxylic acids is 3. The number of rotatable bonds is 9. The Bertz CT molecular complexity index is 1220. The van der Waals surface area contributed by atoms with Gasteiger partial charge in [-0.25, -0.2) is 13.2 Å². The van der Waals surface area contributed by atoms with Crippen LogP contribution >= 0.6 is 11.3 Å². The van der Waals surface area contributed by atoms with Crippen LogP contribution in [0.3, 0.4) is 0 Å². The third-order valence-electron chi connectivity index (χ3n) is 6.02. The molecule has 3 rings (SSSR count). The molecule has 0 spiro atoms. The lowest BCUT2D eigenvalue weighted by molar-refractivity contribution is 0.0964. The molecule has 2 aromatic rings. The van der Waals surface area contributed by atoms with Crippen LogP contribution in [-0.4, -0.2) is 69.2 Å². The first-order valence-electron chi connectivity index (χ1n) is 11.9. The molecule has 10 nitrogen and oxygen atoms in total. The molecule has 1 aliphatic rings. The molecule has 4 amide bonds. The van der Waals surface area contributed by atoms with Crippen molar-refractivity contribution in [2.45, 2.75) is 44.6 Å². The van der Waals surface area contributed by atoms with Crippen molar-refractivity contribution in [3.63, 3.8) is 0 Å². The molecule has 0 aliphatic carbocycles. The van der Waals surface area contributed by atoms with E-state index < -0.39 is 27.9 Å². The molecule has 12 heteroatoms. The van der Waals surface area contributed by atoms with E-state index >= 15 is 0 Å². The van der Waals surface area contributed by atoms with Gasteiger partial charge in [-0.15, -0.1) is 11.3 Å². The summed E-state index contributed by atoms with van der Waals surface area (Å²) in [6.45, 7) is 5.99. The van der Waals surface area contributed by atoms with Gasteiger partial charge in [0.05, 0.1) is 10.5 Å². The second-order valence-electron chi connectivity index (χ2n) is 8.56. The fourth-order valence-corrected chi connectivity index (χ4v) is 6.78. The van der Waals surface area contributed by atoms with Crippen molar-refractivity contribution >= 4 is 44.2 Å². The number of nitrogens with zero attached hydrogens (tertiary/aromatic N) is 2. The monoisotopic (exact) mass is 535 g/mol. The fraction of sp³-hybridized carbons (Fsp3) is 0.458. The molecule has 3 N–H and O–H groups in total. The summed E-state index contributed by atoms with van der Waals surface area (Å²) < 4.78 is 27.3. The van der Waals surface area contributed by atoms with Crippen LogP contribution in [0.2, 0.25) is 0 Å². The third-order valence-corrected chi connectivity index (χ3v) is 9.14. The van der Waals surface area contributed by atoms with Crippen molar-refractivity contribution in [3.8, 4) is 0 Å². The smallest absolute Gasteiger partial charge is 0.321 e. The van der Waals surface area contributed by atoms with Crippen LogP contribution in [0.1, 0.15) is 57.8 Å². The highest BCUT2D eigenvalue weighted by Crippen LogP contribution is 2.37. The summed E-state index contributed by atoms with van der Waals surface area (Å²) in [6, 6.07) is 5.13. The molecule has 0 radical (unpaired) electrons. The minimum absolute atomic E-state index is 0.122. The van der Waals surface area contributed by atoms with Gasteiger partial charge in [0.15, 0.2) is 0 Å². The zero-order chi connectivity index (χ0) is 26.5. The predicted octanol–water partition coefficient (Wildman–Crippen LogP) is 2.87. The van der Waals surface area contributed by atoms with Gasteiger partial charge in [0, 0.05) is 43.7 Å². The Hall–Kier alpha value is -2.80. The first kappa shape index (κ1) is 27.8. The van der Waals surface area contributed by atoms with Gasteiger partial charge < -0.3 is 15.5 Å². The molecule has 0 bridgehead atoms. The lowest BCUT2D eigenvalue weighted by Crippen LogP contribution is -2.38. The maximum absolute atomic E-state index is 13.1. The molecule has 196 valence electrons. The number of hydrogen-bond acceptors (Lipinski definition) is 7. The summed E-state index contributed by atoms with van der Waals surface area (Å²) in [5.41, 5.74) is 1.36. The number of fused-ring (bicyclic) bond motifs is 1. The molecule has 1 aromatic carbocycles. The Labute approximate surface area is 216 Å². The van der Waals surface area contributed by atoms with Gasteiger partial charge in [-0.3, -0.25) is 14.9 Å². The number of likely N-dealkylation sites (N-methyl/N-ethyl adjacent to an activating group) is 1. The van der Waals surface area contributed by atoms with Crippen LogP contribution in [-0.2, 0) is 23.0 Å². The molecule has 2 heterocycles. The highest BCUT2D eigenvalue weighted by atomic mass is 32.2. The fourth-order valence-electron chi connectivity index (χ4n) is 3.97. The average Bonchev–Trinajstić information content (AvgIpc) is 3.21. The van der Waals surface area contributed by atoms with E-state index in [1.165, 1.54) is 47.0 Å². The molecular weight excluding hydrogens is 502 g/mol. The Kier molecular flexibility index (Phi) is 9.23. The summed E-state index contributed by atoms with van der Waals surface area (Å²) in [6.07, 6.45) is 2.27. The highest BCUT2D eigenvalue weighted by Gasteiger charge is 2.29. The number of carbonyl (C=O) groups is 3. The van der Waals surface area contributed by atoms with E-state index in [-0.39, 0.29) is 16.0 Å². The summed E-state index contributed by atoms with van der Waals surface area (Å²) in [5, 5.41) is 7.80. The molecule has 1 aliphatic heterocycles. The molecule has 0 atom stereocenters. The minimum atomic E-state index is -3.66. The van der Waals surface area contributed by atoms with Crippen molar-refractivity contribution < 1.29 is 22.8 Å². The Morgan fingerprint density at radius 3 is 2.42 bits per heavy atom. The summed E-state index contributed by atoms with van der Waals surface area (Å²) in [4.78, 5) is 40.9. The molecule has 0 fully saturated rings. The van der Waals surface area contributed by atoms with Crippen LogP contribution in [0.15, 0.2) is 29.2 Å². The Morgan fingerprint density at radius 1 is 1.11 bits per heavy atom. The lowest BCUT2D eigenvalue weighted by Gasteiger charge is -2.22. The largest absolute Gasteiger partial charge is 0.341 e. The van der Waals surface area contributed by atoms with Gasteiger partial charge in [0.2, 0.25) is 10.0 Å². The minimum Gasteiger partial charge on any atom is -0.341 e. The van der Waals surface area contributed by atoms with Gasteiger partial charge in [0.1, 0.15) is 5.00 Å². The van der Waals surface area contributed by atoms with Crippen LogP contribution < -0.4 is 16.0 Å². The zero-order valence-electron chi connectivity index (χ0n) is 21.0. The quantitative estimate of drug-likeness (QED) is 0.453. The number of amides is 4. The number of imide groups is 1. The van der Waals surface area contributed by atoms with Crippen molar-refractivity contribution in [3.05, 3.63) is 45.8 Å². The number of benzene rings is 1. The van der Waals surface area contributed by atoms with Gasteiger partial charge in [0.25, 0.3) is 11.8 Å². The summed E-state index contributed by atoms with van der Waals surface area (Å²) in [7, 11) is -0.268.